The predicted octanol–water partition coefficient (Wildman–Crippen LogP) is 1.22. The second-order valence-electron chi connectivity index (χ2n) is 3.46. The molecule has 2 aromatic heterocycles. The third-order valence-corrected chi connectivity index (χ3v) is 3.77. The number of amides is 2. The molecule has 2 rings (SSSR count). The highest BCUT2D eigenvalue weighted by Gasteiger charge is 2.11. The lowest BCUT2D eigenvalue weighted by Gasteiger charge is -2.05. The van der Waals surface area contributed by atoms with Gasteiger partial charge in [0.25, 0.3) is 11.8 Å². The summed E-state index contributed by atoms with van der Waals surface area (Å²) >= 11 is 4.50. The van der Waals surface area contributed by atoms with Gasteiger partial charge in [-0.05, 0) is 28.1 Å². The van der Waals surface area contributed by atoms with Crippen molar-refractivity contribution in [1.29, 1.82) is 0 Å². The van der Waals surface area contributed by atoms with E-state index < -0.39 is 11.8 Å². The van der Waals surface area contributed by atoms with Crippen molar-refractivity contribution < 1.29 is 14.3 Å². The molecule has 0 saturated carbocycles. The summed E-state index contributed by atoms with van der Waals surface area (Å²) in [4.78, 5) is 23.8. The van der Waals surface area contributed by atoms with E-state index in [0.29, 0.717) is 9.61 Å². The van der Waals surface area contributed by atoms with Crippen molar-refractivity contribution in [2.45, 2.75) is 0 Å². The Morgan fingerprint density at radius 3 is 2.32 bits per heavy atom. The number of hydrazine groups is 1. The molecule has 19 heavy (non-hydrogen) atoms. The smallest absolute Gasteiger partial charge is 0.279 e. The molecule has 0 radical (unpaired) electrons. The van der Waals surface area contributed by atoms with E-state index in [1.165, 1.54) is 35.9 Å². The topological polar surface area (TPSA) is 85.1 Å². The van der Waals surface area contributed by atoms with E-state index >= 15 is 0 Å². The molecule has 2 aromatic rings. The average Bonchev–Trinajstić information content (AvgIpc) is 2.83. The number of hydrogen-bond donors (Lipinski definition) is 2. The quantitative estimate of drug-likeness (QED) is 0.489. The average molecular weight is 342 g/mol. The summed E-state index contributed by atoms with van der Waals surface area (Å²) in [5.41, 5.74) is 4.84. The van der Waals surface area contributed by atoms with Crippen molar-refractivity contribution in [2.24, 2.45) is 0 Å². The zero-order chi connectivity index (χ0) is 13.8. The van der Waals surface area contributed by atoms with Gasteiger partial charge in [-0.25, -0.2) is 0 Å². The SMILES string of the molecule is O=C(NNC(=O)c1ccc(Br)s1)c1cc[n+]([O-])cc1. The van der Waals surface area contributed by atoms with Crippen LogP contribution in [0.2, 0.25) is 0 Å². The lowest BCUT2D eigenvalue weighted by atomic mass is 10.2. The van der Waals surface area contributed by atoms with Gasteiger partial charge in [0.2, 0.25) is 0 Å². The number of nitrogens with zero attached hydrogens (tertiary/aromatic N) is 1. The van der Waals surface area contributed by atoms with Gasteiger partial charge in [0.15, 0.2) is 12.4 Å². The van der Waals surface area contributed by atoms with Gasteiger partial charge < -0.3 is 5.21 Å². The molecule has 0 spiro atoms. The Hall–Kier alpha value is -1.93. The minimum atomic E-state index is -0.496. The Bertz CT molecular complexity index is 612. The summed E-state index contributed by atoms with van der Waals surface area (Å²) in [5, 5.41) is 10.8. The van der Waals surface area contributed by atoms with Gasteiger partial charge in [-0.2, -0.15) is 4.73 Å². The Kier molecular flexibility index (Phi) is 4.13. The molecular formula is C11H8BrN3O3S. The first-order valence-electron chi connectivity index (χ1n) is 5.11. The molecule has 6 nitrogen and oxygen atoms in total. The minimum absolute atomic E-state index is 0.278. The van der Waals surface area contributed by atoms with Crippen LogP contribution in [0.1, 0.15) is 20.0 Å². The van der Waals surface area contributed by atoms with E-state index in [1.807, 2.05) is 0 Å². The molecule has 0 aromatic carbocycles. The summed E-state index contributed by atoms with van der Waals surface area (Å²) in [6.07, 6.45) is 2.40. The highest BCUT2D eigenvalue weighted by molar-refractivity contribution is 9.11. The van der Waals surface area contributed by atoms with Crippen LogP contribution in [-0.4, -0.2) is 11.8 Å². The second-order valence-corrected chi connectivity index (χ2v) is 5.92. The fourth-order valence-electron chi connectivity index (χ4n) is 1.25. The molecule has 0 saturated heterocycles. The van der Waals surface area contributed by atoms with E-state index in [2.05, 4.69) is 26.8 Å². The van der Waals surface area contributed by atoms with Gasteiger partial charge in [-0.3, -0.25) is 20.4 Å². The Morgan fingerprint density at radius 1 is 1.11 bits per heavy atom. The van der Waals surface area contributed by atoms with Crippen LogP contribution in [0.25, 0.3) is 0 Å². The fourth-order valence-corrected chi connectivity index (χ4v) is 2.53. The standard InChI is InChI=1S/C11H8BrN3O3S/c12-9-2-1-8(19-9)11(17)14-13-10(16)7-3-5-15(18)6-4-7/h1-6H,(H,13,16)(H,14,17). The Labute approximate surface area is 120 Å². The highest BCUT2D eigenvalue weighted by atomic mass is 79.9. The number of pyridine rings is 1. The van der Waals surface area contributed by atoms with Crippen LogP contribution in [0.4, 0.5) is 0 Å². The monoisotopic (exact) mass is 341 g/mol. The van der Waals surface area contributed by atoms with E-state index in [4.69, 9.17) is 0 Å². The van der Waals surface area contributed by atoms with Gasteiger partial charge >= 0.3 is 0 Å². The van der Waals surface area contributed by atoms with Crippen molar-refractivity contribution in [3.8, 4) is 0 Å². The second kappa shape index (κ2) is 5.81. The fraction of sp³-hybridized carbons (Fsp3) is 0. The number of aromatic nitrogens is 1. The molecule has 2 heterocycles. The van der Waals surface area contributed by atoms with Crippen LogP contribution >= 0.6 is 27.3 Å². The van der Waals surface area contributed by atoms with Crippen LogP contribution in [0.15, 0.2) is 40.4 Å². The zero-order valence-electron chi connectivity index (χ0n) is 9.42. The van der Waals surface area contributed by atoms with E-state index in [-0.39, 0.29) is 5.56 Å². The van der Waals surface area contributed by atoms with E-state index in [0.717, 1.165) is 3.79 Å². The number of thiophene rings is 1. The van der Waals surface area contributed by atoms with Gasteiger partial charge in [0, 0.05) is 12.1 Å². The molecular weight excluding hydrogens is 334 g/mol. The van der Waals surface area contributed by atoms with Gasteiger partial charge in [0.1, 0.15) is 0 Å². The lowest BCUT2D eigenvalue weighted by Crippen LogP contribution is -2.41. The van der Waals surface area contributed by atoms with Crippen LogP contribution in [0.3, 0.4) is 0 Å². The van der Waals surface area contributed by atoms with Crippen LogP contribution in [-0.2, 0) is 0 Å². The van der Waals surface area contributed by atoms with Crippen LogP contribution < -0.4 is 15.6 Å². The number of carbonyl (C=O) groups excluding carboxylic acids is 2. The predicted molar refractivity (Wildman–Crippen MR) is 72.4 cm³/mol. The number of nitrogens with one attached hydrogen (secondary N) is 2. The Balaban J connectivity index is 1.93. The number of hydrogen-bond acceptors (Lipinski definition) is 4. The molecule has 2 amide bonds. The first-order chi connectivity index (χ1) is 9.06. The molecule has 0 aliphatic heterocycles. The van der Waals surface area contributed by atoms with Crippen molar-refractivity contribution >= 4 is 39.1 Å². The number of carbonyl (C=O) groups is 2. The highest BCUT2D eigenvalue weighted by Crippen LogP contribution is 2.21. The maximum Gasteiger partial charge on any atom is 0.279 e. The van der Waals surface area contributed by atoms with Crippen molar-refractivity contribution in [3.05, 3.63) is 56.1 Å². The minimum Gasteiger partial charge on any atom is -0.619 e. The van der Waals surface area contributed by atoms with Gasteiger partial charge in [0.05, 0.1) is 14.2 Å². The molecule has 0 unspecified atom stereocenters. The number of halogens is 1. The van der Waals surface area contributed by atoms with Crippen molar-refractivity contribution in [1.82, 2.24) is 10.9 Å². The first-order valence-corrected chi connectivity index (χ1v) is 6.72. The molecule has 98 valence electrons. The summed E-state index contributed by atoms with van der Waals surface area (Å²) in [5.74, 6) is -0.900. The van der Waals surface area contributed by atoms with Crippen molar-refractivity contribution in [2.75, 3.05) is 0 Å². The third kappa shape index (κ3) is 3.52. The van der Waals surface area contributed by atoms with E-state index in [9.17, 15) is 14.8 Å². The maximum atomic E-state index is 11.7. The van der Waals surface area contributed by atoms with Gasteiger partial charge in [-0.15, -0.1) is 11.3 Å². The van der Waals surface area contributed by atoms with Crippen LogP contribution in [0.5, 0.6) is 0 Å². The molecule has 0 bridgehead atoms. The molecule has 0 atom stereocenters. The van der Waals surface area contributed by atoms with E-state index in [1.54, 1.807) is 12.1 Å². The summed E-state index contributed by atoms with van der Waals surface area (Å²) in [6.45, 7) is 0. The summed E-state index contributed by atoms with van der Waals surface area (Å²) in [6, 6.07) is 6.09. The zero-order valence-corrected chi connectivity index (χ0v) is 11.8. The van der Waals surface area contributed by atoms with Gasteiger partial charge in [-0.1, -0.05) is 0 Å². The van der Waals surface area contributed by atoms with Crippen LogP contribution in [0, 0.1) is 5.21 Å². The lowest BCUT2D eigenvalue weighted by molar-refractivity contribution is -0.605. The third-order valence-electron chi connectivity index (χ3n) is 2.15. The van der Waals surface area contributed by atoms with Crippen molar-refractivity contribution in [3.63, 3.8) is 0 Å². The molecule has 2 N–H and O–H groups in total. The summed E-state index contributed by atoms with van der Waals surface area (Å²) < 4.78 is 1.39. The summed E-state index contributed by atoms with van der Waals surface area (Å²) in [7, 11) is 0. The first kappa shape index (κ1) is 13.5. The molecule has 8 heteroatoms. The Morgan fingerprint density at radius 2 is 1.74 bits per heavy atom. The largest absolute Gasteiger partial charge is 0.619 e. The number of rotatable bonds is 2. The maximum absolute atomic E-state index is 11.7. The molecule has 0 fully saturated rings. The molecule has 0 aliphatic carbocycles. The molecule has 0 aliphatic rings. The normalized spacial score (nSPS) is 9.95.